The zero-order valence-electron chi connectivity index (χ0n) is 8.71. The van der Waals surface area contributed by atoms with Gasteiger partial charge in [0, 0.05) is 4.83 Å². The smallest absolute Gasteiger partial charge is 0.0725 e. The van der Waals surface area contributed by atoms with Gasteiger partial charge in [-0.1, -0.05) is 34.1 Å². The van der Waals surface area contributed by atoms with Crippen molar-refractivity contribution in [2.24, 2.45) is 0 Å². The minimum atomic E-state index is 0.729. The molecule has 2 heteroatoms. The van der Waals surface area contributed by atoms with Gasteiger partial charge in [0.2, 0.25) is 0 Å². The van der Waals surface area contributed by atoms with Crippen molar-refractivity contribution >= 4 is 15.9 Å². The van der Waals surface area contributed by atoms with Gasteiger partial charge in [0.1, 0.15) is 0 Å². The minimum absolute atomic E-state index is 0.729. The Labute approximate surface area is 99.0 Å². The van der Waals surface area contributed by atoms with Crippen molar-refractivity contribution in [3.63, 3.8) is 0 Å². The largest absolute Gasteiger partial charge is 0.372 e. The molecule has 1 aromatic carbocycles. The van der Waals surface area contributed by atoms with E-state index in [4.69, 9.17) is 4.74 Å². The zero-order chi connectivity index (χ0) is 10.3. The fourth-order valence-electron chi connectivity index (χ4n) is 2.68. The van der Waals surface area contributed by atoms with E-state index in [1.807, 2.05) is 0 Å². The van der Waals surface area contributed by atoms with Crippen LogP contribution in [0.5, 0.6) is 0 Å². The molecule has 0 bridgehead atoms. The van der Waals surface area contributed by atoms with Crippen molar-refractivity contribution in [1.29, 1.82) is 0 Å². The van der Waals surface area contributed by atoms with E-state index in [2.05, 4.69) is 34.1 Å². The van der Waals surface area contributed by atoms with E-state index in [9.17, 15) is 0 Å². The standard InChI is InChI=1S/C13H15BrO/c14-13-4-3-10(6-13)9-1-2-11-7-15-8-12(11)5-9/h1-2,5,10,13H,3-4,6-8H2. The summed E-state index contributed by atoms with van der Waals surface area (Å²) in [6.45, 7) is 1.62. The number of halogens is 1. The Morgan fingerprint density at radius 3 is 2.80 bits per heavy atom. The maximum absolute atomic E-state index is 5.44. The number of hydrogen-bond donors (Lipinski definition) is 0. The molecule has 1 fully saturated rings. The van der Waals surface area contributed by atoms with Crippen LogP contribution in [-0.2, 0) is 18.0 Å². The Morgan fingerprint density at radius 1 is 1.13 bits per heavy atom. The van der Waals surface area contributed by atoms with Gasteiger partial charge in [-0.05, 0) is 41.9 Å². The SMILES string of the molecule is BrC1CCC(c2ccc3c(c2)COC3)C1. The van der Waals surface area contributed by atoms with E-state index in [0.29, 0.717) is 0 Å². The minimum Gasteiger partial charge on any atom is -0.372 e. The third kappa shape index (κ3) is 1.85. The highest BCUT2D eigenvalue weighted by atomic mass is 79.9. The lowest BCUT2D eigenvalue weighted by molar-refractivity contribution is 0.134. The van der Waals surface area contributed by atoms with E-state index in [0.717, 1.165) is 24.0 Å². The van der Waals surface area contributed by atoms with Gasteiger partial charge in [-0.3, -0.25) is 0 Å². The van der Waals surface area contributed by atoms with E-state index < -0.39 is 0 Å². The van der Waals surface area contributed by atoms with Crippen LogP contribution < -0.4 is 0 Å². The summed E-state index contributed by atoms with van der Waals surface area (Å²) in [6.07, 6.45) is 3.94. The van der Waals surface area contributed by atoms with Gasteiger partial charge < -0.3 is 4.74 Å². The number of ether oxygens (including phenoxy) is 1. The first-order valence-corrected chi connectivity index (χ1v) is 6.58. The summed E-state index contributed by atoms with van der Waals surface area (Å²) in [5.41, 5.74) is 4.30. The van der Waals surface area contributed by atoms with Crippen molar-refractivity contribution in [3.05, 3.63) is 34.9 Å². The molecule has 0 saturated heterocycles. The second kappa shape index (κ2) is 3.91. The summed E-state index contributed by atoms with van der Waals surface area (Å²) in [7, 11) is 0. The van der Waals surface area contributed by atoms with E-state index >= 15 is 0 Å². The lowest BCUT2D eigenvalue weighted by Crippen LogP contribution is -1.96. The normalized spacial score (nSPS) is 29.4. The van der Waals surface area contributed by atoms with Crippen molar-refractivity contribution in [3.8, 4) is 0 Å². The number of hydrogen-bond acceptors (Lipinski definition) is 1. The molecule has 1 aromatic rings. The van der Waals surface area contributed by atoms with E-state index in [-0.39, 0.29) is 0 Å². The number of alkyl halides is 1. The van der Waals surface area contributed by atoms with Crippen molar-refractivity contribution < 1.29 is 4.74 Å². The maximum atomic E-state index is 5.44. The van der Waals surface area contributed by atoms with Crippen LogP contribution in [0, 0.1) is 0 Å². The summed E-state index contributed by atoms with van der Waals surface area (Å²) in [6, 6.07) is 6.90. The molecule has 1 saturated carbocycles. The van der Waals surface area contributed by atoms with E-state index in [1.165, 1.54) is 36.0 Å². The van der Waals surface area contributed by atoms with Crippen LogP contribution >= 0.6 is 15.9 Å². The molecule has 1 aliphatic carbocycles. The number of benzene rings is 1. The Kier molecular flexibility index (Phi) is 2.57. The van der Waals surface area contributed by atoms with Gasteiger partial charge in [-0.15, -0.1) is 0 Å². The highest BCUT2D eigenvalue weighted by Crippen LogP contribution is 2.38. The van der Waals surface area contributed by atoms with Crippen molar-refractivity contribution in [2.45, 2.75) is 43.2 Å². The molecule has 0 N–H and O–H groups in total. The third-order valence-corrected chi connectivity index (χ3v) is 4.42. The molecule has 15 heavy (non-hydrogen) atoms. The quantitative estimate of drug-likeness (QED) is 0.704. The van der Waals surface area contributed by atoms with Gasteiger partial charge in [-0.25, -0.2) is 0 Å². The van der Waals surface area contributed by atoms with Crippen molar-refractivity contribution in [1.82, 2.24) is 0 Å². The molecule has 1 aliphatic heterocycles. The van der Waals surface area contributed by atoms with Gasteiger partial charge in [0.15, 0.2) is 0 Å². The molecule has 1 nitrogen and oxygen atoms in total. The predicted octanol–water partition coefficient (Wildman–Crippen LogP) is 3.75. The lowest BCUT2D eigenvalue weighted by atomic mass is 9.94. The second-order valence-corrected chi connectivity index (χ2v) is 5.92. The fraction of sp³-hybridized carbons (Fsp3) is 0.538. The Morgan fingerprint density at radius 2 is 2.00 bits per heavy atom. The zero-order valence-corrected chi connectivity index (χ0v) is 10.3. The molecule has 2 unspecified atom stereocenters. The van der Waals surface area contributed by atoms with Crippen LogP contribution in [0.25, 0.3) is 0 Å². The molecule has 1 heterocycles. The monoisotopic (exact) mass is 266 g/mol. The van der Waals surface area contributed by atoms with Crippen LogP contribution in [0.3, 0.4) is 0 Å². The molecule has 80 valence electrons. The van der Waals surface area contributed by atoms with Gasteiger partial charge in [-0.2, -0.15) is 0 Å². The molecule has 2 aliphatic rings. The Hall–Kier alpha value is -0.340. The summed E-state index contributed by atoms with van der Waals surface area (Å²) in [5, 5.41) is 0. The van der Waals surface area contributed by atoms with Gasteiger partial charge >= 0.3 is 0 Å². The maximum Gasteiger partial charge on any atom is 0.0725 e. The lowest BCUT2D eigenvalue weighted by Gasteiger charge is -2.10. The first-order valence-electron chi connectivity index (χ1n) is 5.66. The molecule has 0 spiro atoms. The van der Waals surface area contributed by atoms with Gasteiger partial charge in [0.25, 0.3) is 0 Å². The molecule has 2 atom stereocenters. The van der Waals surface area contributed by atoms with Crippen LogP contribution in [0.15, 0.2) is 18.2 Å². The first-order chi connectivity index (χ1) is 7.33. The highest BCUT2D eigenvalue weighted by Gasteiger charge is 2.24. The summed E-state index contributed by atoms with van der Waals surface area (Å²) in [5.74, 6) is 0.764. The molecule has 0 radical (unpaired) electrons. The average molecular weight is 267 g/mol. The molecular weight excluding hydrogens is 252 g/mol. The topological polar surface area (TPSA) is 9.23 Å². The Balaban J connectivity index is 1.87. The fourth-order valence-corrected chi connectivity index (χ4v) is 3.39. The summed E-state index contributed by atoms with van der Waals surface area (Å²) < 4.78 is 5.44. The highest BCUT2D eigenvalue weighted by molar-refractivity contribution is 9.09. The predicted molar refractivity (Wildman–Crippen MR) is 64.2 cm³/mol. The average Bonchev–Trinajstić information content (AvgIpc) is 2.84. The summed E-state index contributed by atoms with van der Waals surface area (Å²) >= 11 is 3.71. The third-order valence-electron chi connectivity index (χ3n) is 3.59. The van der Waals surface area contributed by atoms with Crippen LogP contribution in [-0.4, -0.2) is 4.83 Å². The molecule has 3 rings (SSSR count). The molecular formula is C13H15BrO. The number of rotatable bonds is 1. The van der Waals surface area contributed by atoms with Crippen LogP contribution in [0.4, 0.5) is 0 Å². The van der Waals surface area contributed by atoms with E-state index in [1.54, 1.807) is 0 Å². The van der Waals surface area contributed by atoms with Crippen LogP contribution in [0.2, 0.25) is 0 Å². The van der Waals surface area contributed by atoms with Gasteiger partial charge in [0.05, 0.1) is 13.2 Å². The van der Waals surface area contributed by atoms with Crippen molar-refractivity contribution in [2.75, 3.05) is 0 Å². The molecule has 0 aromatic heterocycles. The molecule has 0 amide bonds. The first kappa shape index (κ1) is 9.86. The summed E-state index contributed by atoms with van der Waals surface area (Å²) in [4.78, 5) is 0.729. The second-order valence-electron chi connectivity index (χ2n) is 4.63. The Bertz CT molecular complexity index is 375. The van der Waals surface area contributed by atoms with Crippen LogP contribution in [0.1, 0.15) is 41.9 Å². The number of fused-ring (bicyclic) bond motifs is 1.